The molecule has 2 aromatic rings. The van der Waals surface area contributed by atoms with Crippen LogP contribution in [0.5, 0.6) is 5.75 Å². The van der Waals surface area contributed by atoms with E-state index in [1.54, 1.807) is 30.2 Å². The van der Waals surface area contributed by atoms with Crippen molar-refractivity contribution in [2.45, 2.75) is 20.0 Å². The molecule has 4 nitrogen and oxygen atoms in total. The van der Waals surface area contributed by atoms with Crippen LogP contribution in [0.1, 0.15) is 19.4 Å². The van der Waals surface area contributed by atoms with Gasteiger partial charge in [0, 0.05) is 17.6 Å². The summed E-state index contributed by atoms with van der Waals surface area (Å²) >= 11 is 7.47. The number of rotatable bonds is 4. The second kappa shape index (κ2) is 7.98. The second-order valence-corrected chi connectivity index (χ2v) is 7.50. The Morgan fingerprint density at radius 2 is 1.92 bits per heavy atom. The highest BCUT2D eigenvalue weighted by molar-refractivity contribution is 8.18. The van der Waals surface area contributed by atoms with E-state index >= 15 is 0 Å². The lowest BCUT2D eigenvalue weighted by Crippen LogP contribution is -2.23. The van der Waals surface area contributed by atoms with Crippen LogP contribution in [0, 0.1) is 0 Å². The maximum Gasteiger partial charge on any atom is 0.266 e. The number of nitrogens with zero attached hydrogens (tertiary/aromatic N) is 2. The zero-order chi connectivity index (χ0) is 18.7. The van der Waals surface area contributed by atoms with Crippen LogP contribution in [-0.4, -0.2) is 29.1 Å². The molecule has 0 aromatic heterocycles. The first-order valence-corrected chi connectivity index (χ1v) is 9.41. The van der Waals surface area contributed by atoms with Crippen molar-refractivity contribution in [2.75, 3.05) is 7.05 Å². The number of amidine groups is 1. The minimum Gasteiger partial charge on any atom is -0.490 e. The minimum absolute atomic E-state index is 0.0261. The number of carbonyl (C=O) groups is 1. The van der Waals surface area contributed by atoms with E-state index in [9.17, 15) is 4.79 Å². The van der Waals surface area contributed by atoms with Gasteiger partial charge in [0.1, 0.15) is 5.75 Å². The molecule has 2 aromatic carbocycles. The van der Waals surface area contributed by atoms with Gasteiger partial charge in [-0.25, -0.2) is 4.99 Å². The van der Waals surface area contributed by atoms with Crippen molar-refractivity contribution in [3.8, 4) is 5.75 Å². The topological polar surface area (TPSA) is 41.9 Å². The van der Waals surface area contributed by atoms with Crippen LogP contribution in [0.4, 0.5) is 5.69 Å². The van der Waals surface area contributed by atoms with E-state index in [0.717, 1.165) is 11.3 Å². The molecule has 26 heavy (non-hydrogen) atoms. The highest BCUT2D eigenvalue weighted by atomic mass is 35.5. The summed E-state index contributed by atoms with van der Waals surface area (Å²) in [5.41, 5.74) is 1.58. The van der Waals surface area contributed by atoms with Gasteiger partial charge in [-0.15, -0.1) is 0 Å². The number of carbonyl (C=O) groups excluding carboxylic acids is 1. The van der Waals surface area contributed by atoms with Crippen LogP contribution in [0.3, 0.4) is 0 Å². The Hall–Kier alpha value is -2.24. The summed E-state index contributed by atoms with van der Waals surface area (Å²) < 4.78 is 5.83. The van der Waals surface area contributed by atoms with Gasteiger partial charge in [0.05, 0.1) is 16.7 Å². The van der Waals surface area contributed by atoms with E-state index in [2.05, 4.69) is 4.99 Å². The smallest absolute Gasteiger partial charge is 0.266 e. The largest absolute Gasteiger partial charge is 0.490 e. The average Bonchev–Trinajstić information content (AvgIpc) is 2.86. The van der Waals surface area contributed by atoms with Crippen molar-refractivity contribution in [1.29, 1.82) is 0 Å². The van der Waals surface area contributed by atoms with Crippen molar-refractivity contribution in [3.63, 3.8) is 0 Å². The van der Waals surface area contributed by atoms with Crippen LogP contribution in [-0.2, 0) is 4.79 Å². The quantitative estimate of drug-likeness (QED) is 0.664. The second-order valence-electron chi connectivity index (χ2n) is 6.05. The highest BCUT2D eigenvalue weighted by Crippen LogP contribution is 2.35. The molecule has 3 rings (SSSR count). The maximum absolute atomic E-state index is 12.6. The molecule has 6 heteroatoms. The molecule has 0 bridgehead atoms. The Balaban J connectivity index is 1.94. The van der Waals surface area contributed by atoms with Crippen LogP contribution in [0.15, 0.2) is 58.4 Å². The van der Waals surface area contributed by atoms with Gasteiger partial charge >= 0.3 is 0 Å². The average molecular weight is 387 g/mol. The van der Waals surface area contributed by atoms with E-state index in [1.807, 2.05) is 50.2 Å². The van der Waals surface area contributed by atoms with E-state index in [4.69, 9.17) is 16.3 Å². The third-order valence-electron chi connectivity index (χ3n) is 3.61. The number of hydrogen-bond acceptors (Lipinski definition) is 4. The third kappa shape index (κ3) is 4.29. The van der Waals surface area contributed by atoms with Crippen LogP contribution in [0.2, 0.25) is 5.02 Å². The molecule has 0 unspecified atom stereocenters. The molecule has 1 heterocycles. The van der Waals surface area contributed by atoms with Crippen molar-refractivity contribution in [1.82, 2.24) is 4.90 Å². The molecule has 1 aliphatic heterocycles. The van der Waals surface area contributed by atoms with Crippen molar-refractivity contribution in [2.24, 2.45) is 4.99 Å². The predicted molar refractivity (Wildman–Crippen MR) is 109 cm³/mol. The molecule has 0 aliphatic carbocycles. The number of halogens is 1. The number of amides is 1. The molecule has 1 amide bonds. The summed E-state index contributed by atoms with van der Waals surface area (Å²) in [5.74, 6) is 0.599. The first-order chi connectivity index (χ1) is 12.4. The monoisotopic (exact) mass is 386 g/mol. The Labute approximate surface area is 162 Å². The minimum atomic E-state index is -0.0971. The fourth-order valence-corrected chi connectivity index (χ4v) is 3.56. The summed E-state index contributed by atoms with van der Waals surface area (Å²) in [4.78, 5) is 19.3. The summed E-state index contributed by atoms with van der Waals surface area (Å²) in [6.45, 7) is 3.92. The van der Waals surface area contributed by atoms with Crippen LogP contribution in [0.25, 0.3) is 6.08 Å². The molecule has 0 radical (unpaired) electrons. The summed E-state index contributed by atoms with van der Waals surface area (Å²) in [7, 11) is 1.72. The number of benzene rings is 2. The number of likely N-dealkylation sites (N-methyl/N-ethyl adjacent to an activating group) is 1. The number of ether oxygens (including phenoxy) is 1. The lowest BCUT2D eigenvalue weighted by atomic mass is 10.1. The Bertz CT molecular complexity index is 879. The summed E-state index contributed by atoms with van der Waals surface area (Å²) in [6.07, 6.45) is 1.83. The molecule has 1 aliphatic rings. The van der Waals surface area contributed by atoms with Crippen molar-refractivity contribution < 1.29 is 9.53 Å². The lowest BCUT2D eigenvalue weighted by Gasteiger charge is -2.13. The van der Waals surface area contributed by atoms with Gasteiger partial charge in [0.15, 0.2) is 5.17 Å². The van der Waals surface area contributed by atoms with Gasteiger partial charge in [-0.1, -0.05) is 29.8 Å². The maximum atomic E-state index is 12.6. The number of thioether (sulfide) groups is 1. The lowest BCUT2D eigenvalue weighted by molar-refractivity contribution is -0.121. The zero-order valence-corrected chi connectivity index (χ0v) is 16.3. The van der Waals surface area contributed by atoms with Crippen molar-refractivity contribution in [3.05, 3.63) is 64.0 Å². The zero-order valence-electron chi connectivity index (χ0n) is 14.8. The molecule has 0 N–H and O–H groups in total. The van der Waals surface area contributed by atoms with E-state index in [0.29, 0.717) is 20.8 Å². The predicted octanol–water partition coefficient (Wildman–Crippen LogP) is 5.36. The summed E-state index contributed by atoms with van der Waals surface area (Å²) in [6, 6.07) is 15.0. The molecule has 134 valence electrons. The van der Waals surface area contributed by atoms with Gasteiger partial charge in [0.2, 0.25) is 0 Å². The van der Waals surface area contributed by atoms with Gasteiger partial charge in [-0.3, -0.25) is 9.69 Å². The van der Waals surface area contributed by atoms with E-state index < -0.39 is 0 Å². The highest BCUT2D eigenvalue weighted by Gasteiger charge is 2.30. The molecular weight excluding hydrogens is 368 g/mol. The van der Waals surface area contributed by atoms with Gasteiger partial charge in [-0.2, -0.15) is 0 Å². The normalized spacial score (nSPS) is 17.6. The molecule has 0 saturated carbocycles. The standard InChI is InChI=1S/C20H19ClN2O2S/c1-13(2)25-17-10-9-15(21)11-14(17)12-18-19(24)23(3)20(26-18)22-16-7-5-4-6-8-16/h4-13H,1-3H3/b18-12+,22-20?. The Kier molecular flexibility index (Phi) is 5.69. The molecule has 0 atom stereocenters. The first kappa shape index (κ1) is 18.5. The Morgan fingerprint density at radius 1 is 1.19 bits per heavy atom. The Morgan fingerprint density at radius 3 is 2.62 bits per heavy atom. The molecule has 1 saturated heterocycles. The number of para-hydroxylation sites is 1. The van der Waals surface area contributed by atoms with Gasteiger partial charge < -0.3 is 4.74 Å². The van der Waals surface area contributed by atoms with Crippen molar-refractivity contribution >= 4 is 46.2 Å². The molecule has 1 fully saturated rings. The van der Waals surface area contributed by atoms with Gasteiger partial charge in [-0.05, 0) is 62.0 Å². The van der Waals surface area contributed by atoms with E-state index in [1.165, 1.54) is 11.8 Å². The van der Waals surface area contributed by atoms with Gasteiger partial charge in [0.25, 0.3) is 5.91 Å². The van der Waals surface area contributed by atoms with Crippen LogP contribution >= 0.6 is 23.4 Å². The number of hydrogen-bond donors (Lipinski definition) is 0. The SMILES string of the molecule is CC(C)Oc1ccc(Cl)cc1/C=C1/SC(=Nc2ccccc2)N(C)C1=O. The van der Waals surface area contributed by atoms with E-state index in [-0.39, 0.29) is 12.0 Å². The molecular formula is C20H19ClN2O2S. The third-order valence-corrected chi connectivity index (χ3v) is 4.90. The van der Waals surface area contributed by atoms with Crippen LogP contribution < -0.4 is 4.74 Å². The fourth-order valence-electron chi connectivity index (χ4n) is 2.40. The molecule has 0 spiro atoms. The number of aliphatic imine (C=N–C) groups is 1. The fraction of sp³-hybridized carbons (Fsp3) is 0.200. The summed E-state index contributed by atoms with van der Waals surface area (Å²) in [5, 5.41) is 1.23. The first-order valence-electron chi connectivity index (χ1n) is 8.21.